The van der Waals surface area contributed by atoms with Crippen LogP contribution in [0.2, 0.25) is 0 Å². The number of hydrogen-bond donors (Lipinski definition) is 2. The van der Waals surface area contributed by atoms with Gasteiger partial charge < -0.3 is 10.8 Å². The van der Waals surface area contributed by atoms with Crippen molar-refractivity contribution in [2.75, 3.05) is 0 Å². The van der Waals surface area contributed by atoms with E-state index in [9.17, 15) is 4.39 Å². The molecule has 0 atom stereocenters. The van der Waals surface area contributed by atoms with Gasteiger partial charge in [-0.05, 0) is 18.6 Å². The van der Waals surface area contributed by atoms with Crippen LogP contribution < -0.4 is 5.73 Å². The Labute approximate surface area is 64.5 Å². The average Bonchev–Trinajstić information content (AvgIpc) is 1.96. The first-order valence-corrected chi connectivity index (χ1v) is 3.33. The fourth-order valence-electron chi connectivity index (χ4n) is 0.972. The fourth-order valence-corrected chi connectivity index (χ4v) is 0.972. The lowest BCUT2D eigenvalue weighted by molar-refractivity contribution is 0.428. The van der Waals surface area contributed by atoms with E-state index in [0.717, 1.165) is 5.56 Å². The summed E-state index contributed by atoms with van der Waals surface area (Å²) in [5, 5.41) is 8.98. The minimum absolute atomic E-state index is 0.112. The van der Waals surface area contributed by atoms with Gasteiger partial charge in [-0.1, -0.05) is 6.07 Å². The Bertz CT molecular complexity index is 273. The van der Waals surface area contributed by atoms with Crippen molar-refractivity contribution in [1.29, 1.82) is 0 Å². The quantitative estimate of drug-likeness (QED) is 0.642. The van der Waals surface area contributed by atoms with Gasteiger partial charge in [0.1, 0.15) is 0 Å². The number of nitrogens with two attached hydrogens (primary N) is 1. The highest BCUT2D eigenvalue weighted by Gasteiger charge is 2.05. The van der Waals surface area contributed by atoms with Crippen LogP contribution in [0.5, 0.6) is 5.75 Å². The van der Waals surface area contributed by atoms with Crippen molar-refractivity contribution >= 4 is 0 Å². The van der Waals surface area contributed by atoms with E-state index in [1.54, 1.807) is 13.0 Å². The molecule has 60 valence electrons. The Kier molecular flexibility index (Phi) is 2.10. The minimum atomic E-state index is -0.613. The molecule has 0 saturated carbocycles. The molecule has 11 heavy (non-hydrogen) atoms. The van der Waals surface area contributed by atoms with Gasteiger partial charge in [0.2, 0.25) is 0 Å². The van der Waals surface area contributed by atoms with Crippen LogP contribution in [0.3, 0.4) is 0 Å². The van der Waals surface area contributed by atoms with Gasteiger partial charge in [-0.3, -0.25) is 0 Å². The topological polar surface area (TPSA) is 46.2 Å². The van der Waals surface area contributed by atoms with E-state index >= 15 is 0 Å². The minimum Gasteiger partial charge on any atom is -0.505 e. The smallest absolute Gasteiger partial charge is 0.169 e. The Hall–Kier alpha value is -1.09. The number of phenols is 1. The molecular formula is C8H10FNO. The van der Waals surface area contributed by atoms with Gasteiger partial charge in [0.15, 0.2) is 11.6 Å². The highest BCUT2D eigenvalue weighted by molar-refractivity contribution is 5.34. The van der Waals surface area contributed by atoms with Gasteiger partial charge in [0.25, 0.3) is 0 Å². The lowest BCUT2D eigenvalue weighted by Gasteiger charge is -2.02. The summed E-state index contributed by atoms with van der Waals surface area (Å²) < 4.78 is 12.9. The SMILES string of the molecule is Cc1cc(O)c(F)c(CN)c1. The van der Waals surface area contributed by atoms with Gasteiger partial charge in [0, 0.05) is 12.1 Å². The summed E-state index contributed by atoms with van der Waals surface area (Å²) in [5.74, 6) is -0.941. The zero-order valence-corrected chi connectivity index (χ0v) is 6.26. The molecule has 0 saturated heterocycles. The molecule has 0 aliphatic rings. The second-order valence-corrected chi connectivity index (χ2v) is 2.46. The zero-order chi connectivity index (χ0) is 8.43. The van der Waals surface area contributed by atoms with E-state index in [-0.39, 0.29) is 12.3 Å². The van der Waals surface area contributed by atoms with Crippen LogP contribution in [-0.2, 0) is 6.54 Å². The molecule has 1 rings (SSSR count). The number of phenolic OH excluding ortho intramolecular Hbond substituents is 1. The average molecular weight is 155 g/mol. The largest absolute Gasteiger partial charge is 0.505 e. The third-order valence-electron chi connectivity index (χ3n) is 1.49. The normalized spacial score (nSPS) is 10.1. The molecule has 3 heteroatoms. The van der Waals surface area contributed by atoms with Gasteiger partial charge in [0.05, 0.1) is 0 Å². The molecule has 1 aromatic carbocycles. The van der Waals surface area contributed by atoms with Crippen LogP contribution in [0.1, 0.15) is 11.1 Å². The van der Waals surface area contributed by atoms with Crippen LogP contribution in [0, 0.1) is 12.7 Å². The van der Waals surface area contributed by atoms with Crippen LogP contribution in [0.15, 0.2) is 12.1 Å². The molecule has 0 fully saturated rings. The van der Waals surface area contributed by atoms with E-state index in [4.69, 9.17) is 10.8 Å². The van der Waals surface area contributed by atoms with Gasteiger partial charge in [-0.2, -0.15) is 0 Å². The first-order valence-electron chi connectivity index (χ1n) is 3.33. The Morgan fingerprint density at radius 1 is 1.55 bits per heavy atom. The monoisotopic (exact) mass is 155 g/mol. The molecule has 3 N–H and O–H groups in total. The molecule has 0 spiro atoms. The van der Waals surface area contributed by atoms with E-state index in [0.29, 0.717) is 5.56 Å². The summed E-state index contributed by atoms with van der Waals surface area (Å²) in [6, 6.07) is 2.99. The maximum Gasteiger partial charge on any atom is 0.169 e. The van der Waals surface area contributed by atoms with Crippen molar-refractivity contribution in [2.24, 2.45) is 5.73 Å². The van der Waals surface area contributed by atoms with Crippen LogP contribution in [-0.4, -0.2) is 5.11 Å². The molecule has 0 aliphatic carbocycles. The van der Waals surface area contributed by atoms with Gasteiger partial charge >= 0.3 is 0 Å². The third-order valence-corrected chi connectivity index (χ3v) is 1.49. The molecular weight excluding hydrogens is 145 g/mol. The lowest BCUT2D eigenvalue weighted by Crippen LogP contribution is -2.00. The van der Waals surface area contributed by atoms with Crippen molar-refractivity contribution in [3.05, 3.63) is 29.1 Å². The van der Waals surface area contributed by atoms with Gasteiger partial charge in [-0.15, -0.1) is 0 Å². The number of rotatable bonds is 1. The van der Waals surface area contributed by atoms with Crippen molar-refractivity contribution in [2.45, 2.75) is 13.5 Å². The summed E-state index contributed by atoms with van der Waals surface area (Å²) in [6.45, 7) is 1.89. The lowest BCUT2D eigenvalue weighted by atomic mass is 10.1. The molecule has 1 aromatic rings. The summed E-state index contributed by atoms with van der Waals surface area (Å²) >= 11 is 0. The van der Waals surface area contributed by atoms with Crippen LogP contribution >= 0.6 is 0 Å². The zero-order valence-electron chi connectivity index (χ0n) is 6.26. The molecule has 0 bridgehead atoms. The van der Waals surface area contributed by atoms with E-state index < -0.39 is 5.82 Å². The van der Waals surface area contributed by atoms with Crippen molar-refractivity contribution in [3.63, 3.8) is 0 Å². The molecule has 2 nitrogen and oxygen atoms in total. The van der Waals surface area contributed by atoms with Crippen LogP contribution in [0.4, 0.5) is 4.39 Å². The fraction of sp³-hybridized carbons (Fsp3) is 0.250. The number of aryl methyl sites for hydroxylation is 1. The first-order chi connectivity index (χ1) is 5.15. The standard InChI is InChI=1S/C8H10FNO/c1-5-2-6(4-10)8(9)7(11)3-5/h2-3,11H,4,10H2,1H3. The summed E-state index contributed by atoms with van der Waals surface area (Å²) in [4.78, 5) is 0. The van der Waals surface area contributed by atoms with Crippen LogP contribution in [0.25, 0.3) is 0 Å². The third kappa shape index (κ3) is 1.49. The highest BCUT2D eigenvalue weighted by atomic mass is 19.1. The second kappa shape index (κ2) is 2.88. The Morgan fingerprint density at radius 2 is 2.18 bits per heavy atom. The molecule has 0 aromatic heterocycles. The van der Waals surface area contributed by atoms with E-state index in [1.807, 2.05) is 0 Å². The van der Waals surface area contributed by atoms with Crippen molar-refractivity contribution in [3.8, 4) is 5.75 Å². The van der Waals surface area contributed by atoms with Crippen molar-refractivity contribution in [1.82, 2.24) is 0 Å². The Balaban J connectivity index is 3.24. The van der Waals surface area contributed by atoms with Crippen molar-refractivity contribution < 1.29 is 9.50 Å². The van der Waals surface area contributed by atoms with E-state index in [1.165, 1.54) is 6.07 Å². The second-order valence-electron chi connectivity index (χ2n) is 2.46. The van der Waals surface area contributed by atoms with Gasteiger partial charge in [-0.25, -0.2) is 4.39 Å². The number of halogens is 1. The maximum absolute atomic E-state index is 12.9. The summed E-state index contributed by atoms with van der Waals surface area (Å²) in [6.07, 6.45) is 0. The molecule has 0 amide bonds. The number of aromatic hydroxyl groups is 1. The molecule has 0 aliphatic heterocycles. The van der Waals surface area contributed by atoms with E-state index in [2.05, 4.69) is 0 Å². The Morgan fingerprint density at radius 3 is 2.73 bits per heavy atom. The predicted octanol–water partition coefficient (Wildman–Crippen LogP) is 1.30. The molecule has 0 unspecified atom stereocenters. The summed E-state index contributed by atoms with van der Waals surface area (Å²) in [7, 11) is 0. The predicted molar refractivity (Wildman–Crippen MR) is 40.7 cm³/mol. The number of benzene rings is 1. The summed E-state index contributed by atoms with van der Waals surface area (Å²) in [5.41, 5.74) is 6.40. The highest BCUT2D eigenvalue weighted by Crippen LogP contribution is 2.20. The first kappa shape index (κ1) is 8.01. The molecule has 0 radical (unpaired) electrons. The maximum atomic E-state index is 12.9. The number of hydrogen-bond acceptors (Lipinski definition) is 2. The molecule has 0 heterocycles.